The molecule has 0 aromatic heterocycles. The normalized spacial score (nSPS) is 16.3. The predicted molar refractivity (Wildman–Crippen MR) is 103 cm³/mol. The van der Waals surface area contributed by atoms with Crippen LogP contribution in [0.3, 0.4) is 0 Å². The number of phenolic OH excluding ortho intramolecular Hbond substituents is 1. The number of halogens is 2. The van der Waals surface area contributed by atoms with Gasteiger partial charge in [-0.3, -0.25) is 19.8 Å². The molecule has 25 heavy (non-hydrogen) atoms. The van der Waals surface area contributed by atoms with E-state index in [0.717, 1.165) is 4.47 Å². The van der Waals surface area contributed by atoms with E-state index in [9.17, 15) is 14.7 Å². The molecule has 1 fully saturated rings. The second-order valence-electron chi connectivity index (χ2n) is 5.14. The topological polar surface area (TPSA) is 69.6 Å². The molecule has 2 amide bonds. The van der Waals surface area contributed by atoms with E-state index in [1.807, 2.05) is 0 Å². The standard InChI is InChI=1S/C17H10BrClN2O3S/c18-10-2-1-3-12(8-10)21-16(24)13(15(23)20-17(21)25)7-9-6-11(19)4-5-14(9)22/h1-8,22H,(H,20,23,25). The number of hydrogen-bond acceptors (Lipinski definition) is 4. The zero-order valence-corrected chi connectivity index (χ0v) is 15.7. The van der Waals surface area contributed by atoms with Crippen molar-refractivity contribution in [1.29, 1.82) is 0 Å². The van der Waals surface area contributed by atoms with Gasteiger partial charge in [-0.2, -0.15) is 0 Å². The summed E-state index contributed by atoms with van der Waals surface area (Å²) in [6, 6.07) is 11.3. The Hall–Kier alpha value is -2.22. The van der Waals surface area contributed by atoms with Crippen molar-refractivity contribution in [2.75, 3.05) is 4.90 Å². The number of phenols is 1. The fraction of sp³-hybridized carbons (Fsp3) is 0. The van der Waals surface area contributed by atoms with E-state index in [-0.39, 0.29) is 22.0 Å². The third-order valence-electron chi connectivity index (χ3n) is 3.46. The Bertz CT molecular complexity index is 945. The third kappa shape index (κ3) is 3.58. The number of hydrogen-bond donors (Lipinski definition) is 2. The molecule has 0 bridgehead atoms. The molecule has 2 N–H and O–H groups in total. The van der Waals surface area contributed by atoms with Crippen LogP contribution >= 0.6 is 39.7 Å². The first kappa shape index (κ1) is 17.6. The highest BCUT2D eigenvalue weighted by atomic mass is 79.9. The van der Waals surface area contributed by atoms with E-state index < -0.39 is 11.8 Å². The highest BCUT2D eigenvalue weighted by Crippen LogP contribution is 2.27. The van der Waals surface area contributed by atoms with Gasteiger partial charge in [-0.15, -0.1) is 0 Å². The minimum Gasteiger partial charge on any atom is -0.507 e. The monoisotopic (exact) mass is 436 g/mol. The molecule has 2 aromatic rings. The minimum atomic E-state index is -0.638. The molecule has 2 aromatic carbocycles. The van der Waals surface area contributed by atoms with Crippen molar-refractivity contribution in [3.8, 4) is 5.75 Å². The lowest BCUT2D eigenvalue weighted by atomic mass is 10.1. The summed E-state index contributed by atoms with van der Waals surface area (Å²) in [5.41, 5.74) is 0.602. The van der Waals surface area contributed by atoms with Gasteiger partial charge in [0.1, 0.15) is 11.3 Å². The summed E-state index contributed by atoms with van der Waals surface area (Å²) in [6.45, 7) is 0. The number of aromatic hydroxyl groups is 1. The van der Waals surface area contributed by atoms with Crippen LogP contribution in [-0.2, 0) is 9.59 Å². The average Bonchev–Trinajstić information content (AvgIpc) is 2.54. The SMILES string of the molecule is O=C1NC(=S)N(c2cccc(Br)c2)C(=O)C1=Cc1cc(Cl)ccc1O. The van der Waals surface area contributed by atoms with Gasteiger partial charge in [0, 0.05) is 15.1 Å². The highest BCUT2D eigenvalue weighted by molar-refractivity contribution is 9.10. The number of benzene rings is 2. The quantitative estimate of drug-likeness (QED) is 0.428. The maximum Gasteiger partial charge on any atom is 0.270 e. The molecule has 1 heterocycles. The average molecular weight is 438 g/mol. The molecule has 5 nitrogen and oxygen atoms in total. The summed E-state index contributed by atoms with van der Waals surface area (Å²) < 4.78 is 0.760. The molecular formula is C17H10BrClN2O3S. The molecule has 0 saturated carbocycles. The Kier molecular flexibility index (Phi) is 4.89. The molecule has 1 aliphatic heterocycles. The van der Waals surface area contributed by atoms with Gasteiger partial charge in [-0.1, -0.05) is 33.6 Å². The molecule has 8 heteroatoms. The lowest BCUT2D eigenvalue weighted by Crippen LogP contribution is -2.54. The van der Waals surface area contributed by atoms with Gasteiger partial charge >= 0.3 is 0 Å². The number of thiocarbonyl (C=S) groups is 1. The third-order valence-corrected chi connectivity index (χ3v) is 4.47. The van der Waals surface area contributed by atoms with Crippen molar-refractivity contribution >= 4 is 68.4 Å². The van der Waals surface area contributed by atoms with Crippen molar-refractivity contribution < 1.29 is 14.7 Å². The lowest BCUT2D eigenvalue weighted by molar-refractivity contribution is -0.122. The van der Waals surface area contributed by atoms with E-state index in [0.29, 0.717) is 10.7 Å². The van der Waals surface area contributed by atoms with E-state index in [1.54, 1.807) is 24.3 Å². The lowest BCUT2D eigenvalue weighted by Gasteiger charge is -2.29. The van der Waals surface area contributed by atoms with Gasteiger partial charge in [0.2, 0.25) is 0 Å². The van der Waals surface area contributed by atoms with Crippen LogP contribution in [0, 0.1) is 0 Å². The van der Waals surface area contributed by atoms with Gasteiger partial charge in [0.15, 0.2) is 5.11 Å². The molecule has 1 saturated heterocycles. The van der Waals surface area contributed by atoms with E-state index in [4.69, 9.17) is 23.8 Å². The largest absolute Gasteiger partial charge is 0.507 e. The van der Waals surface area contributed by atoms with Crippen LogP contribution in [0.15, 0.2) is 52.5 Å². The van der Waals surface area contributed by atoms with Crippen LogP contribution in [-0.4, -0.2) is 22.0 Å². The number of carbonyl (C=O) groups excluding carboxylic acids is 2. The van der Waals surface area contributed by atoms with Crippen molar-refractivity contribution in [3.05, 3.63) is 63.1 Å². The van der Waals surface area contributed by atoms with Crippen molar-refractivity contribution in [3.63, 3.8) is 0 Å². The first-order valence-corrected chi connectivity index (χ1v) is 8.60. The number of nitrogens with zero attached hydrogens (tertiary/aromatic N) is 1. The Balaban J connectivity index is 2.07. The summed E-state index contributed by atoms with van der Waals surface area (Å²) in [4.78, 5) is 26.3. The second kappa shape index (κ2) is 6.95. The number of nitrogens with one attached hydrogen (secondary N) is 1. The molecule has 0 radical (unpaired) electrons. The summed E-state index contributed by atoms with van der Waals surface area (Å²) in [5.74, 6) is -1.33. The number of anilines is 1. The summed E-state index contributed by atoms with van der Waals surface area (Å²) >= 11 is 14.4. The number of amides is 2. The van der Waals surface area contributed by atoms with Gasteiger partial charge in [-0.05, 0) is 54.7 Å². The molecule has 0 aliphatic carbocycles. The first-order valence-electron chi connectivity index (χ1n) is 7.02. The van der Waals surface area contributed by atoms with Crippen molar-refractivity contribution in [1.82, 2.24) is 5.32 Å². The fourth-order valence-electron chi connectivity index (χ4n) is 2.30. The van der Waals surface area contributed by atoms with Crippen LogP contribution in [0.5, 0.6) is 5.75 Å². The summed E-state index contributed by atoms with van der Waals surface area (Å²) in [6.07, 6.45) is 1.28. The van der Waals surface area contributed by atoms with Crippen molar-refractivity contribution in [2.45, 2.75) is 0 Å². The number of rotatable bonds is 2. The van der Waals surface area contributed by atoms with E-state index in [1.165, 1.54) is 29.2 Å². The Labute approximate surface area is 162 Å². The van der Waals surface area contributed by atoms with Gasteiger partial charge in [0.25, 0.3) is 11.8 Å². The van der Waals surface area contributed by atoms with E-state index >= 15 is 0 Å². The zero-order valence-electron chi connectivity index (χ0n) is 12.5. The molecule has 1 aliphatic rings. The smallest absolute Gasteiger partial charge is 0.270 e. The Morgan fingerprint density at radius 1 is 1.20 bits per heavy atom. The Morgan fingerprint density at radius 2 is 1.96 bits per heavy atom. The molecular weight excluding hydrogens is 428 g/mol. The summed E-state index contributed by atoms with van der Waals surface area (Å²) in [5, 5.41) is 12.8. The van der Waals surface area contributed by atoms with Crippen LogP contribution in [0.2, 0.25) is 5.02 Å². The molecule has 0 spiro atoms. The maximum atomic E-state index is 12.8. The second-order valence-corrected chi connectivity index (χ2v) is 6.88. The predicted octanol–water partition coefficient (Wildman–Crippen LogP) is 3.64. The molecule has 0 atom stereocenters. The van der Waals surface area contributed by atoms with Crippen molar-refractivity contribution in [2.24, 2.45) is 0 Å². The Morgan fingerprint density at radius 3 is 2.68 bits per heavy atom. The van der Waals surface area contributed by atoms with Crippen LogP contribution < -0.4 is 10.2 Å². The highest BCUT2D eigenvalue weighted by Gasteiger charge is 2.34. The molecule has 126 valence electrons. The minimum absolute atomic E-state index is 0.0134. The number of carbonyl (C=O) groups is 2. The fourth-order valence-corrected chi connectivity index (χ4v) is 3.15. The molecule has 0 unspecified atom stereocenters. The van der Waals surface area contributed by atoms with E-state index in [2.05, 4.69) is 21.2 Å². The van der Waals surface area contributed by atoms with Crippen LogP contribution in [0.1, 0.15) is 5.56 Å². The van der Waals surface area contributed by atoms with Crippen LogP contribution in [0.4, 0.5) is 5.69 Å². The summed E-state index contributed by atoms with van der Waals surface area (Å²) in [7, 11) is 0. The first-order chi connectivity index (χ1) is 11.9. The van der Waals surface area contributed by atoms with Gasteiger partial charge in [0.05, 0.1) is 5.69 Å². The zero-order chi connectivity index (χ0) is 18.1. The maximum absolute atomic E-state index is 12.8. The van der Waals surface area contributed by atoms with Gasteiger partial charge in [-0.25, -0.2) is 0 Å². The van der Waals surface area contributed by atoms with Crippen LogP contribution in [0.25, 0.3) is 6.08 Å². The molecule has 3 rings (SSSR count). The van der Waals surface area contributed by atoms with Gasteiger partial charge < -0.3 is 5.11 Å².